The van der Waals surface area contributed by atoms with Gasteiger partial charge in [-0.2, -0.15) is 0 Å². The van der Waals surface area contributed by atoms with E-state index in [4.69, 9.17) is 10.5 Å². The van der Waals surface area contributed by atoms with E-state index in [1.807, 2.05) is 36.7 Å². The maximum Gasteiger partial charge on any atom is 0.118 e. The number of pyridine rings is 1. The Morgan fingerprint density at radius 3 is 2.33 bits per heavy atom. The number of hydrogen-bond donors (Lipinski definition) is 1. The number of methoxy groups -OCH3 is 1. The number of aromatic nitrogens is 1. The van der Waals surface area contributed by atoms with Crippen molar-refractivity contribution in [3.8, 4) is 5.75 Å². The van der Waals surface area contributed by atoms with Gasteiger partial charge in [0.05, 0.1) is 7.11 Å². The lowest BCUT2D eigenvalue weighted by atomic mass is 10.0. The summed E-state index contributed by atoms with van der Waals surface area (Å²) in [7, 11) is 1.68. The number of benzene rings is 1. The second-order valence-electron chi connectivity index (χ2n) is 4.94. The van der Waals surface area contributed by atoms with Crippen molar-refractivity contribution in [3.63, 3.8) is 0 Å². The summed E-state index contributed by atoms with van der Waals surface area (Å²) in [5.74, 6) is 0.867. The smallest absolute Gasteiger partial charge is 0.118 e. The Labute approximate surface area is 126 Å². The lowest BCUT2D eigenvalue weighted by Crippen LogP contribution is -2.33. The molecule has 2 N–H and O–H groups in total. The highest BCUT2D eigenvalue weighted by molar-refractivity contribution is 5.29. The molecular weight excluding hydrogens is 262 g/mol. The molecule has 2 rings (SSSR count). The van der Waals surface area contributed by atoms with Gasteiger partial charge in [-0.3, -0.25) is 9.88 Å². The molecule has 1 atom stereocenters. The molecule has 0 aliphatic carbocycles. The Bertz CT molecular complexity index is 527. The van der Waals surface area contributed by atoms with Gasteiger partial charge < -0.3 is 10.5 Å². The van der Waals surface area contributed by atoms with Crippen LogP contribution in [-0.4, -0.2) is 30.1 Å². The first kappa shape index (κ1) is 15.5. The van der Waals surface area contributed by atoms with E-state index in [1.54, 1.807) is 7.11 Å². The van der Waals surface area contributed by atoms with E-state index in [1.165, 1.54) is 11.1 Å². The zero-order valence-corrected chi connectivity index (χ0v) is 12.7. The molecule has 0 aliphatic heterocycles. The Hall–Kier alpha value is -1.91. The van der Waals surface area contributed by atoms with Crippen LogP contribution >= 0.6 is 0 Å². The average Bonchev–Trinajstić information content (AvgIpc) is 2.56. The van der Waals surface area contributed by atoms with Crippen LogP contribution in [0, 0.1) is 0 Å². The Morgan fingerprint density at radius 1 is 1.14 bits per heavy atom. The fraction of sp³-hybridized carbons (Fsp3) is 0.353. The molecule has 0 saturated carbocycles. The summed E-state index contributed by atoms with van der Waals surface area (Å²) >= 11 is 0. The predicted octanol–water partition coefficient (Wildman–Crippen LogP) is 2.61. The molecule has 21 heavy (non-hydrogen) atoms. The van der Waals surface area contributed by atoms with E-state index in [0.717, 1.165) is 18.8 Å². The topological polar surface area (TPSA) is 51.4 Å². The molecule has 4 heteroatoms. The minimum atomic E-state index is 0.203. The first-order chi connectivity index (χ1) is 10.3. The van der Waals surface area contributed by atoms with Gasteiger partial charge in [0.15, 0.2) is 0 Å². The monoisotopic (exact) mass is 285 g/mol. The first-order valence-corrected chi connectivity index (χ1v) is 7.25. The molecule has 0 fully saturated rings. The van der Waals surface area contributed by atoms with E-state index < -0.39 is 0 Å². The quantitative estimate of drug-likeness (QED) is 0.849. The van der Waals surface area contributed by atoms with Crippen molar-refractivity contribution in [3.05, 3.63) is 59.9 Å². The van der Waals surface area contributed by atoms with E-state index in [2.05, 4.69) is 28.9 Å². The number of nitrogens with two attached hydrogens (primary N) is 1. The summed E-state index contributed by atoms with van der Waals surface area (Å²) < 4.78 is 5.21. The van der Waals surface area contributed by atoms with Gasteiger partial charge in [-0.15, -0.1) is 0 Å². The van der Waals surface area contributed by atoms with E-state index >= 15 is 0 Å². The molecule has 1 unspecified atom stereocenters. The minimum Gasteiger partial charge on any atom is -0.497 e. The zero-order valence-electron chi connectivity index (χ0n) is 12.7. The first-order valence-electron chi connectivity index (χ1n) is 7.25. The molecule has 1 heterocycles. The molecule has 0 amide bonds. The Balaban J connectivity index is 2.16. The second-order valence-corrected chi connectivity index (χ2v) is 4.94. The van der Waals surface area contributed by atoms with E-state index in [-0.39, 0.29) is 6.04 Å². The molecule has 4 nitrogen and oxygen atoms in total. The van der Waals surface area contributed by atoms with Crippen molar-refractivity contribution >= 4 is 0 Å². The van der Waals surface area contributed by atoms with Crippen LogP contribution in [0.3, 0.4) is 0 Å². The van der Waals surface area contributed by atoms with Crippen molar-refractivity contribution < 1.29 is 4.74 Å². The van der Waals surface area contributed by atoms with Gasteiger partial charge in [0.2, 0.25) is 0 Å². The molecule has 112 valence electrons. The number of hydrogen-bond acceptors (Lipinski definition) is 4. The Morgan fingerprint density at radius 2 is 1.81 bits per heavy atom. The van der Waals surface area contributed by atoms with Crippen LogP contribution in [0.15, 0.2) is 48.8 Å². The van der Waals surface area contributed by atoms with Gasteiger partial charge in [-0.1, -0.05) is 19.1 Å². The third-order valence-electron chi connectivity index (χ3n) is 3.71. The standard InChI is InChI=1S/C17H23N3O/c1-3-20(13-14-8-10-19-11-9-14)17(12-18)15-4-6-16(21-2)7-5-15/h4-11,17H,3,12-13,18H2,1-2H3. The van der Waals surface area contributed by atoms with Crippen LogP contribution in [0.4, 0.5) is 0 Å². The van der Waals surface area contributed by atoms with Gasteiger partial charge in [-0.25, -0.2) is 0 Å². The molecule has 0 bridgehead atoms. The third-order valence-corrected chi connectivity index (χ3v) is 3.71. The molecule has 0 saturated heterocycles. The van der Waals surface area contributed by atoms with Gasteiger partial charge in [-0.05, 0) is 41.9 Å². The molecule has 2 aromatic rings. The van der Waals surface area contributed by atoms with E-state index in [0.29, 0.717) is 6.54 Å². The SMILES string of the molecule is CCN(Cc1ccncc1)C(CN)c1ccc(OC)cc1. The molecule has 1 aromatic heterocycles. The van der Waals surface area contributed by atoms with Crippen LogP contribution in [0.5, 0.6) is 5.75 Å². The maximum absolute atomic E-state index is 6.02. The van der Waals surface area contributed by atoms with Crippen LogP contribution < -0.4 is 10.5 Å². The summed E-state index contributed by atoms with van der Waals surface area (Å²) in [5, 5.41) is 0. The van der Waals surface area contributed by atoms with Crippen molar-refractivity contribution in [2.24, 2.45) is 5.73 Å². The lowest BCUT2D eigenvalue weighted by molar-refractivity contribution is 0.203. The van der Waals surface area contributed by atoms with Crippen molar-refractivity contribution in [1.29, 1.82) is 0 Å². The predicted molar refractivity (Wildman–Crippen MR) is 85.1 cm³/mol. The summed E-state index contributed by atoms with van der Waals surface area (Å²) in [6.45, 7) is 4.56. The van der Waals surface area contributed by atoms with Crippen LogP contribution in [0.2, 0.25) is 0 Å². The van der Waals surface area contributed by atoms with E-state index in [9.17, 15) is 0 Å². The highest BCUT2D eigenvalue weighted by Crippen LogP contribution is 2.23. The number of likely N-dealkylation sites (N-methyl/N-ethyl adjacent to an activating group) is 1. The summed E-state index contributed by atoms with van der Waals surface area (Å²) in [6.07, 6.45) is 3.65. The molecule has 1 aromatic carbocycles. The number of rotatable bonds is 7. The zero-order chi connectivity index (χ0) is 15.1. The van der Waals surface area contributed by atoms with Crippen molar-refractivity contribution in [2.45, 2.75) is 19.5 Å². The van der Waals surface area contributed by atoms with Crippen molar-refractivity contribution in [2.75, 3.05) is 20.2 Å². The normalized spacial score (nSPS) is 12.4. The highest BCUT2D eigenvalue weighted by Gasteiger charge is 2.18. The fourth-order valence-corrected chi connectivity index (χ4v) is 2.49. The lowest BCUT2D eigenvalue weighted by Gasteiger charge is -2.30. The molecule has 0 radical (unpaired) electrons. The summed E-state index contributed by atoms with van der Waals surface area (Å²) in [6, 6.07) is 12.4. The Kier molecular flexibility index (Phi) is 5.72. The van der Waals surface area contributed by atoms with Crippen molar-refractivity contribution in [1.82, 2.24) is 9.88 Å². The third kappa shape index (κ3) is 4.03. The maximum atomic E-state index is 6.02. The number of ether oxygens (including phenoxy) is 1. The highest BCUT2D eigenvalue weighted by atomic mass is 16.5. The number of nitrogens with zero attached hydrogens (tertiary/aromatic N) is 2. The van der Waals surface area contributed by atoms with Gasteiger partial charge in [0.1, 0.15) is 5.75 Å². The van der Waals surface area contributed by atoms with Crippen LogP contribution in [0.25, 0.3) is 0 Å². The second kappa shape index (κ2) is 7.76. The van der Waals surface area contributed by atoms with Gasteiger partial charge in [0, 0.05) is 31.5 Å². The molecule has 0 aliphatic rings. The fourth-order valence-electron chi connectivity index (χ4n) is 2.49. The minimum absolute atomic E-state index is 0.203. The molecular formula is C17H23N3O. The largest absolute Gasteiger partial charge is 0.497 e. The van der Waals surface area contributed by atoms with Gasteiger partial charge in [0.25, 0.3) is 0 Å². The summed E-state index contributed by atoms with van der Waals surface area (Å²) in [4.78, 5) is 6.44. The molecule has 0 spiro atoms. The van der Waals surface area contributed by atoms with Crippen LogP contribution in [-0.2, 0) is 6.54 Å². The van der Waals surface area contributed by atoms with Gasteiger partial charge >= 0.3 is 0 Å². The van der Waals surface area contributed by atoms with Crippen LogP contribution in [0.1, 0.15) is 24.1 Å². The summed E-state index contributed by atoms with van der Waals surface area (Å²) in [5.41, 5.74) is 8.49. The average molecular weight is 285 g/mol.